The second-order valence-corrected chi connectivity index (χ2v) is 6.15. The van der Waals surface area contributed by atoms with Gasteiger partial charge in [0.2, 0.25) is 0 Å². The predicted octanol–water partition coefficient (Wildman–Crippen LogP) is 2.57. The highest BCUT2D eigenvalue weighted by Gasteiger charge is 2.30. The van der Waals surface area contributed by atoms with E-state index in [1.54, 1.807) is 12.1 Å². The van der Waals surface area contributed by atoms with Crippen LogP contribution < -0.4 is 0 Å². The molecule has 1 N–H and O–H groups in total. The van der Waals surface area contributed by atoms with Crippen molar-refractivity contribution in [2.24, 2.45) is 11.8 Å². The second kappa shape index (κ2) is 5.57. The Morgan fingerprint density at radius 2 is 1.95 bits per heavy atom. The SMILES string of the molecule is CC1CN(C(=O)c2ccc(C=CC(=O)O)s2)CC1C. The largest absolute Gasteiger partial charge is 0.478 e. The number of carboxylic acids is 1. The first-order chi connectivity index (χ1) is 8.97. The highest BCUT2D eigenvalue weighted by molar-refractivity contribution is 7.14. The van der Waals surface area contributed by atoms with E-state index in [9.17, 15) is 9.59 Å². The topological polar surface area (TPSA) is 57.6 Å². The number of nitrogens with zero attached hydrogens (tertiary/aromatic N) is 1. The molecule has 0 spiro atoms. The second-order valence-electron chi connectivity index (χ2n) is 5.04. The standard InChI is InChI=1S/C14H17NO3S/c1-9-7-15(8-10(9)2)14(18)12-5-3-11(19-12)4-6-13(16)17/h3-6,9-10H,7-8H2,1-2H3,(H,16,17). The van der Waals surface area contributed by atoms with Crippen LogP contribution in [0.1, 0.15) is 28.4 Å². The predicted molar refractivity (Wildman–Crippen MR) is 75.2 cm³/mol. The molecule has 2 unspecified atom stereocenters. The number of aliphatic carboxylic acids is 1. The summed E-state index contributed by atoms with van der Waals surface area (Å²) in [7, 11) is 0. The number of amides is 1. The summed E-state index contributed by atoms with van der Waals surface area (Å²) in [6, 6.07) is 3.54. The molecule has 1 aromatic rings. The number of rotatable bonds is 3. The summed E-state index contributed by atoms with van der Waals surface area (Å²) in [5.74, 6) is 0.144. The van der Waals surface area contributed by atoms with Gasteiger partial charge in [0.1, 0.15) is 0 Å². The van der Waals surface area contributed by atoms with Crippen molar-refractivity contribution in [3.05, 3.63) is 28.0 Å². The number of likely N-dealkylation sites (tertiary alicyclic amines) is 1. The fourth-order valence-corrected chi connectivity index (χ4v) is 3.04. The van der Waals surface area contributed by atoms with Crippen LogP contribution in [-0.4, -0.2) is 35.0 Å². The van der Waals surface area contributed by atoms with E-state index in [1.165, 1.54) is 17.4 Å². The van der Waals surface area contributed by atoms with Crippen LogP contribution in [0.15, 0.2) is 18.2 Å². The Kier molecular flexibility index (Phi) is 4.04. The molecule has 0 radical (unpaired) electrons. The molecule has 2 atom stereocenters. The molecule has 0 aromatic carbocycles. The molecule has 1 amide bonds. The monoisotopic (exact) mass is 279 g/mol. The lowest BCUT2D eigenvalue weighted by Gasteiger charge is -2.14. The van der Waals surface area contributed by atoms with Crippen molar-refractivity contribution in [3.8, 4) is 0 Å². The lowest BCUT2D eigenvalue weighted by atomic mass is 10.0. The Morgan fingerprint density at radius 3 is 2.53 bits per heavy atom. The Hall–Kier alpha value is -1.62. The minimum Gasteiger partial charge on any atom is -0.478 e. The van der Waals surface area contributed by atoms with Crippen LogP contribution in [0.5, 0.6) is 0 Å². The first kappa shape index (κ1) is 13.8. The van der Waals surface area contributed by atoms with Gasteiger partial charge < -0.3 is 10.0 Å². The minimum absolute atomic E-state index is 0.0520. The molecule has 1 aliphatic heterocycles. The Balaban J connectivity index is 2.06. The summed E-state index contributed by atoms with van der Waals surface area (Å²) in [5, 5.41) is 8.56. The zero-order valence-corrected chi connectivity index (χ0v) is 11.8. The molecule has 1 saturated heterocycles. The Labute approximate surface area is 116 Å². The Morgan fingerprint density at radius 1 is 1.32 bits per heavy atom. The fourth-order valence-electron chi connectivity index (χ4n) is 2.16. The zero-order valence-electron chi connectivity index (χ0n) is 11.0. The van der Waals surface area contributed by atoms with Gasteiger partial charge in [0.25, 0.3) is 5.91 Å². The lowest BCUT2D eigenvalue weighted by molar-refractivity contribution is -0.131. The molecule has 4 nitrogen and oxygen atoms in total. The highest BCUT2D eigenvalue weighted by Crippen LogP contribution is 2.26. The van der Waals surface area contributed by atoms with Crippen molar-refractivity contribution in [3.63, 3.8) is 0 Å². The molecule has 0 bridgehead atoms. The number of hydrogen-bond acceptors (Lipinski definition) is 3. The van der Waals surface area contributed by atoms with Crippen molar-refractivity contribution >= 4 is 29.3 Å². The third kappa shape index (κ3) is 3.23. The number of carboxylic acid groups (broad SMARTS) is 1. The van der Waals surface area contributed by atoms with E-state index in [1.807, 2.05) is 4.90 Å². The number of carbonyl (C=O) groups excluding carboxylic acids is 1. The maximum Gasteiger partial charge on any atom is 0.328 e. The maximum atomic E-state index is 12.3. The van der Waals surface area contributed by atoms with E-state index in [2.05, 4.69) is 13.8 Å². The van der Waals surface area contributed by atoms with E-state index in [-0.39, 0.29) is 5.91 Å². The number of hydrogen-bond donors (Lipinski definition) is 1. The summed E-state index contributed by atoms with van der Waals surface area (Å²) in [6.45, 7) is 5.93. The number of thiophene rings is 1. The van der Waals surface area contributed by atoms with Gasteiger partial charge in [-0.1, -0.05) is 13.8 Å². The number of carbonyl (C=O) groups is 2. The van der Waals surface area contributed by atoms with Crippen LogP contribution in [0, 0.1) is 11.8 Å². The third-order valence-corrected chi connectivity index (χ3v) is 4.54. The third-order valence-electron chi connectivity index (χ3n) is 3.50. The maximum absolute atomic E-state index is 12.3. The van der Waals surface area contributed by atoms with Crippen LogP contribution in [0.4, 0.5) is 0 Å². The van der Waals surface area contributed by atoms with E-state index >= 15 is 0 Å². The van der Waals surface area contributed by atoms with Crippen LogP contribution >= 0.6 is 11.3 Å². The van der Waals surface area contributed by atoms with Crippen molar-refractivity contribution in [2.45, 2.75) is 13.8 Å². The van der Waals surface area contributed by atoms with E-state index in [0.717, 1.165) is 24.0 Å². The molecule has 19 heavy (non-hydrogen) atoms. The molecular formula is C14H17NO3S. The fraction of sp³-hybridized carbons (Fsp3) is 0.429. The normalized spacial score (nSPS) is 23.2. The van der Waals surface area contributed by atoms with Gasteiger partial charge in [-0.05, 0) is 30.0 Å². The first-order valence-electron chi connectivity index (χ1n) is 6.27. The van der Waals surface area contributed by atoms with Crippen LogP contribution in [0.3, 0.4) is 0 Å². The van der Waals surface area contributed by atoms with Gasteiger partial charge in [-0.3, -0.25) is 4.79 Å². The minimum atomic E-state index is -0.983. The van der Waals surface area contributed by atoms with Crippen molar-refractivity contribution < 1.29 is 14.7 Å². The van der Waals surface area contributed by atoms with Gasteiger partial charge in [0.05, 0.1) is 4.88 Å². The Bertz CT molecular complexity index is 511. The van der Waals surface area contributed by atoms with Gasteiger partial charge >= 0.3 is 5.97 Å². The molecular weight excluding hydrogens is 262 g/mol. The first-order valence-corrected chi connectivity index (χ1v) is 7.09. The summed E-state index contributed by atoms with van der Waals surface area (Å²) >= 11 is 1.33. The van der Waals surface area contributed by atoms with E-state index in [0.29, 0.717) is 16.7 Å². The molecule has 1 aliphatic rings. The quantitative estimate of drug-likeness (QED) is 0.865. The average molecular weight is 279 g/mol. The van der Waals surface area contributed by atoms with Crippen LogP contribution in [0.2, 0.25) is 0 Å². The van der Waals surface area contributed by atoms with Crippen molar-refractivity contribution in [1.82, 2.24) is 4.90 Å². The van der Waals surface area contributed by atoms with Gasteiger partial charge in [-0.15, -0.1) is 11.3 Å². The molecule has 0 saturated carbocycles. The molecule has 0 aliphatic carbocycles. The summed E-state index contributed by atoms with van der Waals surface area (Å²) in [4.78, 5) is 26.1. The summed E-state index contributed by atoms with van der Waals surface area (Å²) < 4.78 is 0. The average Bonchev–Trinajstić information content (AvgIpc) is 2.94. The summed E-state index contributed by atoms with van der Waals surface area (Å²) in [5.41, 5.74) is 0. The molecule has 1 fully saturated rings. The van der Waals surface area contributed by atoms with Gasteiger partial charge in [0, 0.05) is 24.0 Å². The van der Waals surface area contributed by atoms with Crippen LogP contribution in [0.25, 0.3) is 6.08 Å². The van der Waals surface area contributed by atoms with E-state index in [4.69, 9.17) is 5.11 Å². The molecule has 102 valence electrons. The lowest BCUT2D eigenvalue weighted by Crippen LogP contribution is -2.28. The summed E-state index contributed by atoms with van der Waals surface area (Å²) in [6.07, 6.45) is 2.60. The van der Waals surface area contributed by atoms with Crippen LogP contribution in [-0.2, 0) is 4.79 Å². The van der Waals surface area contributed by atoms with Gasteiger partial charge in [0.15, 0.2) is 0 Å². The van der Waals surface area contributed by atoms with Crippen molar-refractivity contribution in [1.29, 1.82) is 0 Å². The van der Waals surface area contributed by atoms with Gasteiger partial charge in [-0.2, -0.15) is 0 Å². The van der Waals surface area contributed by atoms with Gasteiger partial charge in [-0.25, -0.2) is 4.79 Å². The smallest absolute Gasteiger partial charge is 0.328 e. The van der Waals surface area contributed by atoms with Crippen molar-refractivity contribution in [2.75, 3.05) is 13.1 Å². The zero-order chi connectivity index (χ0) is 14.0. The highest BCUT2D eigenvalue weighted by atomic mass is 32.1. The molecule has 5 heteroatoms. The molecule has 2 rings (SSSR count). The molecule has 2 heterocycles. The molecule has 1 aromatic heterocycles. The van der Waals surface area contributed by atoms with E-state index < -0.39 is 5.97 Å².